The summed E-state index contributed by atoms with van der Waals surface area (Å²) in [6, 6.07) is 9.92. The molecule has 3 rings (SSSR count). The van der Waals surface area contributed by atoms with Crippen LogP contribution in [0.1, 0.15) is 30.1 Å². The van der Waals surface area contributed by atoms with Crippen molar-refractivity contribution in [2.24, 2.45) is 0 Å². The standard InChI is InChI=1S/C20H17F2N3O2S/c1-2-3-18(26)23-14-7-4-12(5-8-14)17-11-28-20(24-17)25-19(27)15-9-6-13(21)10-16(15)22/h4-11H,2-3H2,1H3,(H,23,26)(H,24,25,27). The number of rotatable bonds is 6. The SMILES string of the molecule is CCCC(=O)Nc1ccc(-c2csc(NC(=O)c3ccc(F)cc3F)n2)cc1. The molecule has 1 aromatic heterocycles. The predicted molar refractivity (Wildman–Crippen MR) is 105 cm³/mol. The van der Waals surface area contributed by atoms with Gasteiger partial charge in [-0.3, -0.25) is 14.9 Å². The van der Waals surface area contributed by atoms with E-state index in [1.54, 1.807) is 17.5 Å². The third kappa shape index (κ3) is 4.77. The molecule has 0 fully saturated rings. The monoisotopic (exact) mass is 401 g/mol. The first-order valence-corrected chi connectivity index (χ1v) is 9.46. The Kier molecular flexibility index (Phi) is 6.10. The van der Waals surface area contributed by atoms with Gasteiger partial charge in [-0.1, -0.05) is 19.1 Å². The van der Waals surface area contributed by atoms with Crippen molar-refractivity contribution in [2.45, 2.75) is 19.8 Å². The quantitative estimate of drug-likeness (QED) is 0.605. The highest BCUT2D eigenvalue weighted by Gasteiger charge is 2.14. The summed E-state index contributed by atoms with van der Waals surface area (Å²) < 4.78 is 26.7. The summed E-state index contributed by atoms with van der Waals surface area (Å²) in [5.41, 5.74) is 1.87. The van der Waals surface area contributed by atoms with Crippen LogP contribution >= 0.6 is 11.3 Å². The highest BCUT2D eigenvalue weighted by molar-refractivity contribution is 7.14. The van der Waals surface area contributed by atoms with Crippen LogP contribution in [-0.2, 0) is 4.79 Å². The highest BCUT2D eigenvalue weighted by atomic mass is 32.1. The number of aromatic nitrogens is 1. The van der Waals surface area contributed by atoms with Crippen molar-refractivity contribution in [3.63, 3.8) is 0 Å². The van der Waals surface area contributed by atoms with Gasteiger partial charge in [0.1, 0.15) is 11.6 Å². The lowest BCUT2D eigenvalue weighted by atomic mass is 10.1. The fourth-order valence-corrected chi connectivity index (χ4v) is 3.19. The molecule has 144 valence electrons. The van der Waals surface area contributed by atoms with Crippen LogP contribution in [0, 0.1) is 11.6 Å². The summed E-state index contributed by atoms with van der Waals surface area (Å²) in [7, 11) is 0. The van der Waals surface area contributed by atoms with Gasteiger partial charge < -0.3 is 5.32 Å². The van der Waals surface area contributed by atoms with Crippen LogP contribution in [0.25, 0.3) is 11.3 Å². The van der Waals surface area contributed by atoms with E-state index in [0.29, 0.717) is 29.0 Å². The van der Waals surface area contributed by atoms with Crippen LogP contribution in [0.15, 0.2) is 47.8 Å². The summed E-state index contributed by atoms with van der Waals surface area (Å²) in [6.45, 7) is 1.94. The molecule has 3 aromatic rings. The molecule has 8 heteroatoms. The number of hydrogen-bond donors (Lipinski definition) is 2. The first-order valence-electron chi connectivity index (χ1n) is 8.58. The summed E-state index contributed by atoms with van der Waals surface area (Å²) in [5, 5.41) is 7.36. The van der Waals surface area contributed by atoms with Gasteiger partial charge in [0.05, 0.1) is 11.3 Å². The maximum atomic E-state index is 13.7. The Balaban J connectivity index is 1.68. The Morgan fingerprint density at radius 2 is 1.82 bits per heavy atom. The van der Waals surface area contributed by atoms with Crippen molar-refractivity contribution < 1.29 is 18.4 Å². The van der Waals surface area contributed by atoms with Crippen molar-refractivity contribution in [1.82, 2.24) is 4.98 Å². The molecule has 0 atom stereocenters. The maximum Gasteiger partial charge on any atom is 0.260 e. The Labute approximate surface area is 164 Å². The number of carbonyl (C=O) groups excluding carboxylic acids is 2. The Hall–Kier alpha value is -3.13. The van der Waals surface area contributed by atoms with Crippen LogP contribution < -0.4 is 10.6 Å². The molecule has 0 bridgehead atoms. The van der Waals surface area contributed by atoms with Gasteiger partial charge in [0.15, 0.2) is 5.13 Å². The lowest BCUT2D eigenvalue weighted by Gasteiger charge is -2.05. The second-order valence-electron chi connectivity index (χ2n) is 5.99. The molecular formula is C20H17F2N3O2S. The molecule has 0 radical (unpaired) electrons. The molecule has 2 aromatic carbocycles. The maximum absolute atomic E-state index is 13.7. The fourth-order valence-electron chi connectivity index (χ4n) is 2.48. The first kappa shape index (κ1) is 19.6. The zero-order chi connectivity index (χ0) is 20.1. The van der Waals surface area contributed by atoms with Crippen LogP contribution in [0.3, 0.4) is 0 Å². The molecule has 0 aliphatic rings. The number of hydrogen-bond acceptors (Lipinski definition) is 4. The molecule has 0 spiro atoms. The van der Waals surface area contributed by atoms with Gasteiger partial charge >= 0.3 is 0 Å². The second kappa shape index (κ2) is 8.71. The summed E-state index contributed by atoms with van der Waals surface area (Å²) in [5.74, 6) is -2.43. The normalized spacial score (nSPS) is 10.5. The average molecular weight is 401 g/mol. The first-order chi connectivity index (χ1) is 13.5. The van der Waals surface area contributed by atoms with Crippen molar-refractivity contribution >= 4 is 34.0 Å². The van der Waals surface area contributed by atoms with Gasteiger partial charge in [-0.2, -0.15) is 0 Å². The van der Waals surface area contributed by atoms with E-state index in [9.17, 15) is 18.4 Å². The Morgan fingerprint density at radius 1 is 1.07 bits per heavy atom. The number of amides is 2. The predicted octanol–water partition coefficient (Wildman–Crippen LogP) is 5.08. The number of nitrogens with zero attached hydrogens (tertiary/aromatic N) is 1. The van der Waals surface area contributed by atoms with E-state index in [1.165, 1.54) is 11.3 Å². The summed E-state index contributed by atoms with van der Waals surface area (Å²) in [6.07, 6.45) is 1.24. The molecule has 5 nitrogen and oxygen atoms in total. The number of anilines is 2. The highest BCUT2D eigenvalue weighted by Crippen LogP contribution is 2.26. The molecular weight excluding hydrogens is 384 g/mol. The van der Waals surface area contributed by atoms with Gasteiger partial charge in [0, 0.05) is 29.1 Å². The van der Waals surface area contributed by atoms with Gasteiger partial charge in [-0.05, 0) is 30.7 Å². The molecule has 0 saturated carbocycles. The van der Waals surface area contributed by atoms with Crippen LogP contribution in [-0.4, -0.2) is 16.8 Å². The largest absolute Gasteiger partial charge is 0.326 e. The zero-order valence-corrected chi connectivity index (χ0v) is 15.8. The number of halogens is 2. The van der Waals surface area contributed by atoms with E-state index in [2.05, 4.69) is 15.6 Å². The lowest BCUT2D eigenvalue weighted by molar-refractivity contribution is -0.116. The molecule has 1 heterocycles. The third-order valence-corrected chi connectivity index (χ3v) is 4.60. The summed E-state index contributed by atoms with van der Waals surface area (Å²) in [4.78, 5) is 28.1. The van der Waals surface area contributed by atoms with Crippen LogP contribution in [0.5, 0.6) is 0 Å². The molecule has 2 amide bonds. The van der Waals surface area contributed by atoms with Gasteiger partial charge in [0.2, 0.25) is 5.91 Å². The number of carbonyl (C=O) groups is 2. The van der Waals surface area contributed by atoms with Crippen molar-refractivity contribution in [3.8, 4) is 11.3 Å². The van der Waals surface area contributed by atoms with E-state index >= 15 is 0 Å². The number of benzene rings is 2. The van der Waals surface area contributed by atoms with E-state index in [4.69, 9.17) is 0 Å². The topological polar surface area (TPSA) is 71.1 Å². The van der Waals surface area contributed by atoms with Crippen molar-refractivity contribution in [2.75, 3.05) is 10.6 Å². The van der Waals surface area contributed by atoms with E-state index in [1.807, 2.05) is 19.1 Å². The lowest BCUT2D eigenvalue weighted by Crippen LogP contribution is -2.13. The minimum Gasteiger partial charge on any atom is -0.326 e. The van der Waals surface area contributed by atoms with E-state index < -0.39 is 17.5 Å². The molecule has 2 N–H and O–H groups in total. The van der Waals surface area contributed by atoms with Gasteiger partial charge in [0.25, 0.3) is 5.91 Å². The van der Waals surface area contributed by atoms with Gasteiger partial charge in [-0.15, -0.1) is 11.3 Å². The van der Waals surface area contributed by atoms with Crippen LogP contribution in [0.4, 0.5) is 19.6 Å². The number of nitrogens with one attached hydrogen (secondary N) is 2. The Bertz CT molecular complexity index is 1000. The van der Waals surface area contributed by atoms with Crippen LogP contribution in [0.2, 0.25) is 0 Å². The minimum atomic E-state index is -0.935. The van der Waals surface area contributed by atoms with E-state index in [0.717, 1.165) is 24.1 Å². The molecule has 0 aliphatic heterocycles. The molecule has 0 aliphatic carbocycles. The van der Waals surface area contributed by atoms with E-state index in [-0.39, 0.29) is 11.5 Å². The van der Waals surface area contributed by atoms with Crippen molar-refractivity contribution in [1.29, 1.82) is 0 Å². The second-order valence-corrected chi connectivity index (χ2v) is 6.85. The zero-order valence-electron chi connectivity index (χ0n) is 15.0. The van der Waals surface area contributed by atoms with Gasteiger partial charge in [-0.25, -0.2) is 13.8 Å². The van der Waals surface area contributed by atoms with Crippen molar-refractivity contribution in [3.05, 3.63) is 65.0 Å². The fraction of sp³-hybridized carbons (Fsp3) is 0.150. The number of thiazole rings is 1. The molecule has 0 saturated heterocycles. The average Bonchev–Trinajstić information content (AvgIpc) is 3.10. The smallest absolute Gasteiger partial charge is 0.260 e. The minimum absolute atomic E-state index is 0.0399. The molecule has 0 unspecified atom stereocenters. The third-order valence-electron chi connectivity index (χ3n) is 3.84. The Morgan fingerprint density at radius 3 is 2.50 bits per heavy atom. The molecule has 28 heavy (non-hydrogen) atoms. The summed E-state index contributed by atoms with van der Waals surface area (Å²) >= 11 is 1.19.